The second-order valence-corrected chi connectivity index (χ2v) is 7.28. The second kappa shape index (κ2) is 8.04. The van der Waals surface area contributed by atoms with Gasteiger partial charge in [0.1, 0.15) is 17.1 Å². The van der Waals surface area contributed by atoms with Crippen LogP contribution in [0.2, 0.25) is 0 Å². The molecule has 0 aliphatic carbocycles. The van der Waals surface area contributed by atoms with E-state index in [0.29, 0.717) is 22.4 Å². The van der Waals surface area contributed by atoms with Gasteiger partial charge >= 0.3 is 6.18 Å². The zero-order valence-corrected chi connectivity index (χ0v) is 17.4. The highest BCUT2D eigenvalue weighted by molar-refractivity contribution is 6.10. The molecule has 0 saturated heterocycles. The number of aromatic nitrogens is 4. The lowest BCUT2D eigenvalue weighted by atomic mass is 10.1. The van der Waals surface area contributed by atoms with E-state index < -0.39 is 29.4 Å². The molecule has 0 aliphatic rings. The molecule has 3 aromatic heterocycles. The van der Waals surface area contributed by atoms with E-state index in [2.05, 4.69) is 20.6 Å². The smallest absolute Gasteiger partial charge is 0.366 e. The topological polar surface area (TPSA) is 129 Å². The summed E-state index contributed by atoms with van der Waals surface area (Å²) in [4.78, 5) is 28.9. The van der Waals surface area contributed by atoms with Crippen LogP contribution in [0.25, 0.3) is 10.9 Å². The van der Waals surface area contributed by atoms with E-state index in [0.717, 1.165) is 10.7 Å². The quantitative estimate of drug-likeness (QED) is 0.471. The van der Waals surface area contributed by atoms with Crippen molar-refractivity contribution in [1.29, 1.82) is 0 Å². The molecule has 0 radical (unpaired) electrons. The van der Waals surface area contributed by atoms with Gasteiger partial charge in [-0.25, -0.2) is 4.98 Å². The molecular weight excluding hydrogens is 441 g/mol. The van der Waals surface area contributed by atoms with Crippen molar-refractivity contribution in [3.63, 3.8) is 0 Å². The minimum Gasteiger partial charge on any atom is -0.366 e. The average molecular weight is 458 g/mol. The summed E-state index contributed by atoms with van der Waals surface area (Å²) in [5.41, 5.74) is 4.08. The predicted octanol–water partition coefficient (Wildman–Crippen LogP) is 3.45. The summed E-state index contributed by atoms with van der Waals surface area (Å²) in [5, 5.41) is 10.1. The van der Waals surface area contributed by atoms with Crippen LogP contribution in [0.3, 0.4) is 0 Å². The number of hydrogen-bond acceptors (Lipinski definition) is 6. The molecule has 170 valence electrons. The average Bonchev–Trinajstić information content (AvgIpc) is 3.30. The number of benzene rings is 1. The Morgan fingerprint density at radius 3 is 2.55 bits per heavy atom. The van der Waals surface area contributed by atoms with Gasteiger partial charge in [0, 0.05) is 11.5 Å². The van der Waals surface area contributed by atoms with Crippen molar-refractivity contribution in [1.82, 2.24) is 19.9 Å². The number of hydrogen-bond donors (Lipinski definition) is 2. The van der Waals surface area contributed by atoms with Crippen LogP contribution < -0.4 is 11.1 Å². The van der Waals surface area contributed by atoms with Crippen molar-refractivity contribution in [3.05, 3.63) is 70.5 Å². The van der Waals surface area contributed by atoms with E-state index in [1.54, 1.807) is 37.3 Å². The van der Waals surface area contributed by atoms with Gasteiger partial charge in [0.15, 0.2) is 5.69 Å². The lowest BCUT2D eigenvalue weighted by Crippen LogP contribution is -2.19. The largest absolute Gasteiger partial charge is 0.437 e. The van der Waals surface area contributed by atoms with Gasteiger partial charge in [0.25, 0.3) is 5.91 Å². The van der Waals surface area contributed by atoms with Crippen LogP contribution in [0.4, 0.5) is 18.9 Å². The minimum atomic E-state index is -4.84. The maximum absolute atomic E-state index is 13.7. The number of anilines is 1. The number of carbonyl (C=O) groups excluding carboxylic acids is 2. The van der Waals surface area contributed by atoms with Gasteiger partial charge in [0.05, 0.1) is 29.0 Å². The predicted molar refractivity (Wildman–Crippen MR) is 111 cm³/mol. The summed E-state index contributed by atoms with van der Waals surface area (Å²) in [5.74, 6) is -1.26. The number of nitrogens with zero attached hydrogens (tertiary/aromatic N) is 4. The fourth-order valence-electron chi connectivity index (χ4n) is 3.37. The summed E-state index contributed by atoms with van der Waals surface area (Å²) in [6.45, 7) is 2.94. The number of primary amides is 1. The summed E-state index contributed by atoms with van der Waals surface area (Å²) in [6.07, 6.45) is -4.84. The first-order chi connectivity index (χ1) is 15.5. The van der Waals surface area contributed by atoms with Crippen LogP contribution in [0.5, 0.6) is 0 Å². The van der Waals surface area contributed by atoms with Crippen LogP contribution >= 0.6 is 0 Å². The number of pyridine rings is 1. The second-order valence-electron chi connectivity index (χ2n) is 7.28. The Kier molecular flexibility index (Phi) is 5.36. The number of halogens is 3. The Hall–Kier alpha value is -4.22. The van der Waals surface area contributed by atoms with Crippen LogP contribution in [0.1, 0.15) is 43.7 Å². The van der Waals surface area contributed by atoms with E-state index in [1.165, 1.54) is 6.92 Å². The molecule has 0 spiro atoms. The number of aryl methyl sites for hydroxylation is 1. The first-order valence-corrected chi connectivity index (χ1v) is 9.62. The Labute approximate surface area is 184 Å². The zero-order chi connectivity index (χ0) is 23.9. The van der Waals surface area contributed by atoms with Crippen molar-refractivity contribution in [2.24, 2.45) is 5.73 Å². The van der Waals surface area contributed by atoms with Crippen molar-refractivity contribution < 1.29 is 27.3 Å². The molecule has 4 rings (SSSR count). The number of carbonyl (C=O) groups is 2. The third kappa shape index (κ3) is 4.27. The number of alkyl halides is 3. The Bertz CT molecular complexity index is 1390. The number of amides is 2. The number of para-hydroxylation sites is 1. The molecule has 0 saturated carbocycles. The highest BCUT2D eigenvalue weighted by Crippen LogP contribution is 2.36. The van der Waals surface area contributed by atoms with E-state index >= 15 is 0 Å². The number of rotatable bonds is 5. The first-order valence-electron chi connectivity index (χ1n) is 9.62. The molecule has 0 aliphatic heterocycles. The Morgan fingerprint density at radius 1 is 1.18 bits per heavy atom. The van der Waals surface area contributed by atoms with Crippen LogP contribution in [-0.2, 0) is 12.7 Å². The molecule has 4 aromatic rings. The molecule has 12 heteroatoms. The number of nitrogens with one attached hydrogen (secondary N) is 1. The molecule has 2 amide bonds. The Morgan fingerprint density at radius 2 is 1.91 bits per heavy atom. The molecule has 0 fully saturated rings. The molecule has 33 heavy (non-hydrogen) atoms. The summed E-state index contributed by atoms with van der Waals surface area (Å²) >= 11 is 0. The molecule has 0 atom stereocenters. The van der Waals surface area contributed by atoms with Gasteiger partial charge in [-0.15, -0.1) is 0 Å². The third-order valence-electron chi connectivity index (χ3n) is 4.92. The standard InChI is InChI=1S/C21H17F3N6O3/c1-10-7-12(29-33-10)9-30-11(2)17(18(28-30)21(22,23)24)27-20(32)16-8-14(19(25)31)13-5-3-4-6-15(13)26-16/h3-8H,9H2,1-2H3,(H2,25,31)(H,27,32). The lowest BCUT2D eigenvalue weighted by Gasteiger charge is -2.10. The summed E-state index contributed by atoms with van der Waals surface area (Å²) in [7, 11) is 0. The summed E-state index contributed by atoms with van der Waals surface area (Å²) < 4.78 is 47.0. The highest BCUT2D eigenvalue weighted by Gasteiger charge is 2.39. The molecule has 3 N–H and O–H groups in total. The normalized spacial score (nSPS) is 11.7. The highest BCUT2D eigenvalue weighted by atomic mass is 19.4. The van der Waals surface area contributed by atoms with Gasteiger partial charge in [-0.2, -0.15) is 18.3 Å². The summed E-state index contributed by atoms with van der Waals surface area (Å²) in [6, 6.07) is 9.18. The number of nitrogens with two attached hydrogens (primary N) is 1. The SMILES string of the molecule is Cc1cc(Cn2nc(C(F)(F)F)c(NC(=O)c3cc(C(N)=O)c4ccccc4n3)c2C)no1. The minimum absolute atomic E-state index is 0.0237. The van der Waals surface area contributed by atoms with Crippen molar-refractivity contribution >= 4 is 28.4 Å². The Balaban J connectivity index is 1.74. The van der Waals surface area contributed by atoms with E-state index in [-0.39, 0.29) is 23.5 Å². The van der Waals surface area contributed by atoms with E-state index in [1.807, 2.05) is 0 Å². The number of fused-ring (bicyclic) bond motifs is 1. The fraction of sp³-hybridized carbons (Fsp3) is 0.190. The van der Waals surface area contributed by atoms with Gasteiger partial charge in [-0.3, -0.25) is 14.3 Å². The maximum atomic E-state index is 13.7. The van der Waals surface area contributed by atoms with Crippen LogP contribution in [0.15, 0.2) is 40.9 Å². The molecule has 1 aromatic carbocycles. The first kappa shape index (κ1) is 22.0. The molecule has 9 nitrogen and oxygen atoms in total. The zero-order valence-electron chi connectivity index (χ0n) is 17.4. The molecule has 0 bridgehead atoms. The van der Waals surface area contributed by atoms with Gasteiger partial charge in [0.2, 0.25) is 5.91 Å². The lowest BCUT2D eigenvalue weighted by molar-refractivity contribution is -0.140. The van der Waals surface area contributed by atoms with Crippen molar-refractivity contribution in [2.45, 2.75) is 26.6 Å². The van der Waals surface area contributed by atoms with Crippen LogP contribution in [0, 0.1) is 13.8 Å². The maximum Gasteiger partial charge on any atom is 0.437 e. The van der Waals surface area contributed by atoms with Gasteiger partial charge in [-0.1, -0.05) is 23.4 Å². The molecular formula is C21H17F3N6O3. The fourth-order valence-corrected chi connectivity index (χ4v) is 3.37. The van der Waals surface area contributed by atoms with Gasteiger partial charge < -0.3 is 15.6 Å². The molecule has 3 heterocycles. The molecule has 0 unspecified atom stereocenters. The van der Waals surface area contributed by atoms with E-state index in [9.17, 15) is 22.8 Å². The monoisotopic (exact) mass is 458 g/mol. The van der Waals surface area contributed by atoms with Crippen molar-refractivity contribution in [3.8, 4) is 0 Å². The van der Waals surface area contributed by atoms with Gasteiger partial charge in [-0.05, 0) is 26.0 Å². The van der Waals surface area contributed by atoms with E-state index in [4.69, 9.17) is 10.3 Å². The third-order valence-corrected chi connectivity index (χ3v) is 4.92. The van der Waals surface area contributed by atoms with Crippen molar-refractivity contribution in [2.75, 3.05) is 5.32 Å². The van der Waals surface area contributed by atoms with Crippen LogP contribution in [-0.4, -0.2) is 31.7 Å².